The van der Waals surface area contributed by atoms with Crippen LogP contribution in [0.1, 0.15) is 24.1 Å². The minimum Gasteiger partial charge on any atom is -0.356 e. The van der Waals surface area contributed by atoms with E-state index < -0.39 is 0 Å². The Morgan fingerprint density at radius 1 is 1.33 bits per heavy atom. The molecule has 0 radical (unpaired) electrons. The normalized spacial score (nSPS) is 15.5. The summed E-state index contributed by atoms with van der Waals surface area (Å²) in [6, 6.07) is 10.6. The monoisotopic (exact) mass is 503 g/mol. The molecule has 2 aromatic rings. The van der Waals surface area contributed by atoms with Crippen molar-refractivity contribution in [3.05, 3.63) is 52.3 Å². The zero-order valence-electron chi connectivity index (χ0n) is 13.9. The van der Waals surface area contributed by atoms with Gasteiger partial charge in [0.15, 0.2) is 5.96 Å². The number of halogens is 2. The molecule has 5 nitrogen and oxygen atoms in total. The molecule has 0 saturated heterocycles. The highest BCUT2D eigenvalue weighted by molar-refractivity contribution is 14.0. The van der Waals surface area contributed by atoms with Crippen LogP contribution >= 0.6 is 39.9 Å². The molecule has 1 fully saturated rings. The fourth-order valence-corrected chi connectivity index (χ4v) is 3.16. The van der Waals surface area contributed by atoms with Crippen LogP contribution in [0.3, 0.4) is 0 Å². The van der Waals surface area contributed by atoms with Gasteiger partial charge in [0.05, 0.1) is 12.2 Å². The van der Waals surface area contributed by atoms with Crippen LogP contribution in [0, 0.1) is 0 Å². The van der Waals surface area contributed by atoms with Crippen molar-refractivity contribution in [3.63, 3.8) is 0 Å². The third-order valence-electron chi connectivity index (χ3n) is 4.47. The lowest BCUT2D eigenvalue weighted by atomic mass is 9.96. The molecule has 0 spiro atoms. The smallest absolute Gasteiger partial charge is 0.191 e. The topological polar surface area (TPSA) is 54.2 Å². The van der Waals surface area contributed by atoms with Crippen LogP contribution < -0.4 is 10.6 Å². The van der Waals surface area contributed by atoms with Gasteiger partial charge in [0, 0.05) is 36.7 Å². The highest BCUT2D eigenvalue weighted by atomic mass is 127. The van der Waals surface area contributed by atoms with Crippen LogP contribution in [0.15, 0.2) is 46.0 Å². The lowest BCUT2D eigenvalue weighted by Gasteiger charge is -2.19. The summed E-state index contributed by atoms with van der Waals surface area (Å²) >= 11 is 3.57. The van der Waals surface area contributed by atoms with Gasteiger partial charge in [-0.15, -0.1) is 24.0 Å². The Labute approximate surface area is 168 Å². The Balaban J connectivity index is 0.00000208. The molecule has 1 aromatic heterocycles. The first-order valence-corrected chi connectivity index (χ1v) is 8.60. The van der Waals surface area contributed by atoms with Gasteiger partial charge < -0.3 is 10.6 Å². The molecule has 1 saturated carbocycles. The Morgan fingerprint density at radius 2 is 2.12 bits per heavy atom. The summed E-state index contributed by atoms with van der Waals surface area (Å²) in [5.41, 5.74) is 2.76. The molecule has 1 heterocycles. The number of hydrogen-bond acceptors (Lipinski definition) is 2. The summed E-state index contributed by atoms with van der Waals surface area (Å²) < 4.78 is 3.00. The van der Waals surface area contributed by atoms with Crippen LogP contribution in [0.5, 0.6) is 0 Å². The molecular weight excluding hydrogens is 481 g/mol. The average Bonchev–Trinajstić information content (AvgIpc) is 3.24. The van der Waals surface area contributed by atoms with E-state index in [1.165, 1.54) is 18.4 Å². The van der Waals surface area contributed by atoms with E-state index in [2.05, 4.69) is 60.9 Å². The van der Waals surface area contributed by atoms with Gasteiger partial charge in [0.1, 0.15) is 0 Å². The number of hydrogen-bond donors (Lipinski definition) is 2. The van der Waals surface area contributed by atoms with E-state index in [-0.39, 0.29) is 29.4 Å². The second-order valence-corrected chi connectivity index (χ2v) is 6.93. The lowest BCUT2D eigenvalue weighted by molar-refractivity contribution is 0.637. The third kappa shape index (κ3) is 4.50. The molecule has 1 aromatic carbocycles. The predicted molar refractivity (Wildman–Crippen MR) is 112 cm³/mol. The van der Waals surface area contributed by atoms with E-state index in [1.54, 1.807) is 13.2 Å². The van der Waals surface area contributed by atoms with Gasteiger partial charge in [-0.2, -0.15) is 5.10 Å². The molecule has 7 heteroatoms. The van der Waals surface area contributed by atoms with Crippen LogP contribution in [0.2, 0.25) is 0 Å². The Hall–Kier alpha value is -1.09. The van der Waals surface area contributed by atoms with Crippen LogP contribution in [-0.4, -0.2) is 29.3 Å². The van der Waals surface area contributed by atoms with E-state index in [0.29, 0.717) is 6.54 Å². The average molecular weight is 504 g/mol. The molecule has 24 heavy (non-hydrogen) atoms. The number of benzene rings is 1. The number of nitrogens with one attached hydrogen (secondary N) is 2. The van der Waals surface area contributed by atoms with E-state index in [1.807, 2.05) is 17.8 Å². The molecule has 0 amide bonds. The minimum atomic E-state index is 0. The highest BCUT2D eigenvalue weighted by Crippen LogP contribution is 2.48. The maximum atomic E-state index is 4.31. The Morgan fingerprint density at radius 3 is 2.71 bits per heavy atom. The molecule has 0 unspecified atom stereocenters. The van der Waals surface area contributed by atoms with Crippen molar-refractivity contribution in [1.29, 1.82) is 0 Å². The van der Waals surface area contributed by atoms with Gasteiger partial charge in [-0.3, -0.25) is 9.67 Å². The van der Waals surface area contributed by atoms with Gasteiger partial charge in [-0.05, 0) is 36.6 Å². The zero-order valence-corrected chi connectivity index (χ0v) is 17.8. The number of rotatable bonds is 5. The summed E-state index contributed by atoms with van der Waals surface area (Å²) in [5.74, 6) is 0.826. The fraction of sp³-hybridized carbons (Fsp3) is 0.412. The van der Waals surface area contributed by atoms with Crippen LogP contribution in [0.25, 0.3) is 0 Å². The molecule has 130 valence electrons. The van der Waals surface area contributed by atoms with E-state index >= 15 is 0 Å². The van der Waals surface area contributed by atoms with Gasteiger partial charge in [0.2, 0.25) is 0 Å². The number of aryl methyl sites for hydroxylation is 1. The van der Waals surface area contributed by atoms with Crippen molar-refractivity contribution in [1.82, 2.24) is 20.4 Å². The number of guanidine groups is 1. The largest absolute Gasteiger partial charge is 0.356 e. The van der Waals surface area contributed by atoms with Gasteiger partial charge in [0.25, 0.3) is 0 Å². The van der Waals surface area contributed by atoms with Crippen molar-refractivity contribution in [2.24, 2.45) is 12.0 Å². The number of aliphatic imine (C=N–C) groups is 1. The van der Waals surface area contributed by atoms with E-state index in [9.17, 15) is 0 Å². The first kappa shape index (κ1) is 19.2. The molecule has 0 aliphatic heterocycles. The summed E-state index contributed by atoms with van der Waals surface area (Å²) in [7, 11) is 3.75. The minimum absolute atomic E-state index is 0. The maximum absolute atomic E-state index is 4.31. The van der Waals surface area contributed by atoms with Crippen molar-refractivity contribution < 1.29 is 0 Å². The number of aromatic nitrogens is 2. The molecule has 1 aliphatic rings. The van der Waals surface area contributed by atoms with Gasteiger partial charge in [-0.25, -0.2) is 0 Å². The fourth-order valence-electron chi connectivity index (χ4n) is 2.76. The standard InChI is InChI=1S/C17H22BrN5.HI/c1-19-16(20-11-15-6-9-22-23(15)2)21-12-17(7-8-17)13-4-3-5-14(18)10-13;/h3-6,9-10H,7-8,11-12H2,1-2H3,(H2,19,20,21);1H. The summed E-state index contributed by atoms with van der Waals surface area (Å²) in [6.07, 6.45) is 4.24. The highest BCUT2D eigenvalue weighted by Gasteiger charge is 2.44. The van der Waals surface area contributed by atoms with Crippen molar-refractivity contribution in [3.8, 4) is 0 Å². The SMILES string of the molecule is CN=C(NCc1ccnn1C)NCC1(c2cccc(Br)c2)CC1.I. The van der Waals surface area contributed by atoms with E-state index in [0.717, 1.165) is 22.7 Å². The first-order chi connectivity index (χ1) is 11.1. The molecule has 0 bridgehead atoms. The Kier molecular flexibility index (Phi) is 6.68. The number of nitrogens with zero attached hydrogens (tertiary/aromatic N) is 3. The Bertz CT molecular complexity index is 709. The summed E-state index contributed by atoms with van der Waals surface area (Å²) in [6.45, 7) is 1.61. The quantitative estimate of drug-likeness (QED) is 0.374. The zero-order chi connectivity index (χ0) is 16.3. The van der Waals surface area contributed by atoms with Crippen LogP contribution in [-0.2, 0) is 19.0 Å². The summed E-state index contributed by atoms with van der Waals surface area (Å²) in [4.78, 5) is 4.31. The third-order valence-corrected chi connectivity index (χ3v) is 4.96. The van der Waals surface area contributed by atoms with Crippen molar-refractivity contribution in [2.45, 2.75) is 24.8 Å². The second-order valence-electron chi connectivity index (χ2n) is 6.02. The molecule has 1 aliphatic carbocycles. The van der Waals surface area contributed by atoms with Crippen molar-refractivity contribution >= 4 is 45.9 Å². The molecular formula is C17H23BrIN5. The first-order valence-electron chi connectivity index (χ1n) is 7.80. The maximum Gasteiger partial charge on any atom is 0.191 e. The van der Waals surface area contributed by atoms with Gasteiger partial charge in [-0.1, -0.05) is 28.1 Å². The predicted octanol–water partition coefficient (Wildman–Crippen LogP) is 3.20. The lowest BCUT2D eigenvalue weighted by Crippen LogP contribution is -2.41. The van der Waals surface area contributed by atoms with Crippen molar-refractivity contribution in [2.75, 3.05) is 13.6 Å². The van der Waals surface area contributed by atoms with E-state index in [4.69, 9.17) is 0 Å². The van der Waals surface area contributed by atoms with Gasteiger partial charge >= 0.3 is 0 Å². The molecule has 3 rings (SSSR count). The summed E-state index contributed by atoms with van der Waals surface area (Å²) in [5, 5.41) is 11.0. The van der Waals surface area contributed by atoms with Crippen LogP contribution in [0.4, 0.5) is 0 Å². The molecule has 0 atom stereocenters. The molecule has 2 N–H and O–H groups in total. The second kappa shape index (κ2) is 8.33.